The van der Waals surface area contributed by atoms with Crippen molar-refractivity contribution in [1.82, 2.24) is 4.57 Å². The highest BCUT2D eigenvalue weighted by molar-refractivity contribution is 5.89. The number of methoxy groups -OCH3 is 2. The summed E-state index contributed by atoms with van der Waals surface area (Å²) in [4.78, 5) is 14.1. The molecule has 0 fully saturated rings. The number of hydrogen-bond acceptors (Lipinski definition) is 6. The van der Waals surface area contributed by atoms with Crippen LogP contribution < -0.4 is 25.5 Å². The lowest BCUT2D eigenvalue weighted by Gasteiger charge is -2.28. The predicted molar refractivity (Wildman–Crippen MR) is 128 cm³/mol. The topological polar surface area (TPSA) is 99.5 Å². The van der Waals surface area contributed by atoms with Gasteiger partial charge in [0, 0.05) is 11.1 Å². The van der Waals surface area contributed by atoms with Crippen molar-refractivity contribution < 1.29 is 14.2 Å². The molecule has 0 amide bonds. The summed E-state index contributed by atoms with van der Waals surface area (Å²) in [5, 5.41) is 10.7. The van der Waals surface area contributed by atoms with Gasteiger partial charge in [0.1, 0.15) is 17.4 Å². The van der Waals surface area contributed by atoms with Crippen molar-refractivity contribution in [2.24, 2.45) is 5.73 Å². The van der Waals surface area contributed by atoms with E-state index in [0.29, 0.717) is 45.0 Å². The molecule has 34 heavy (non-hydrogen) atoms. The Balaban J connectivity index is 1.89. The minimum absolute atomic E-state index is 0.0307. The van der Waals surface area contributed by atoms with Gasteiger partial charge in [0.15, 0.2) is 11.5 Å². The van der Waals surface area contributed by atoms with E-state index in [1.165, 1.54) is 7.11 Å². The van der Waals surface area contributed by atoms with Crippen LogP contribution >= 0.6 is 0 Å². The first kappa shape index (κ1) is 21.2. The molecule has 0 bridgehead atoms. The lowest BCUT2D eigenvalue weighted by atomic mass is 9.83. The van der Waals surface area contributed by atoms with E-state index in [1.807, 2.05) is 54.6 Å². The SMILES string of the molecule is COc1ccc([C@H]2C(C#N)=C(N)Oc3c2c(=O)n(-c2ccccc2)c2ccccc32)cc1OC. The second-order valence-corrected chi connectivity index (χ2v) is 7.78. The van der Waals surface area contributed by atoms with Crippen LogP contribution in [0, 0.1) is 11.3 Å². The second-order valence-electron chi connectivity index (χ2n) is 7.78. The van der Waals surface area contributed by atoms with Gasteiger partial charge in [-0.05, 0) is 42.0 Å². The van der Waals surface area contributed by atoms with Crippen molar-refractivity contribution in [3.05, 3.63) is 106 Å². The molecule has 0 spiro atoms. The van der Waals surface area contributed by atoms with E-state index in [2.05, 4.69) is 6.07 Å². The number of ether oxygens (including phenoxy) is 3. The number of allylic oxidation sites excluding steroid dienone is 1. The highest BCUT2D eigenvalue weighted by atomic mass is 16.5. The molecule has 1 atom stereocenters. The normalized spacial score (nSPS) is 14.8. The Hall–Kier alpha value is -4.70. The fourth-order valence-corrected chi connectivity index (χ4v) is 4.47. The zero-order valence-electron chi connectivity index (χ0n) is 18.6. The molecule has 2 heterocycles. The average Bonchev–Trinajstić information content (AvgIpc) is 2.88. The lowest BCUT2D eigenvalue weighted by molar-refractivity contribution is 0.354. The molecule has 7 heteroatoms. The van der Waals surface area contributed by atoms with Crippen LogP contribution in [-0.2, 0) is 0 Å². The smallest absolute Gasteiger partial charge is 0.263 e. The van der Waals surface area contributed by atoms with Crippen molar-refractivity contribution in [3.8, 4) is 29.0 Å². The number of hydrogen-bond donors (Lipinski definition) is 1. The van der Waals surface area contributed by atoms with E-state index < -0.39 is 5.92 Å². The Morgan fingerprint density at radius 2 is 1.68 bits per heavy atom. The summed E-state index contributed by atoms with van der Waals surface area (Å²) in [5.41, 5.74) is 8.47. The first-order valence-electron chi connectivity index (χ1n) is 10.6. The van der Waals surface area contributed by atoms with Gasteiger partial charge in [-0.15, -0.1) is 0 Å². The zero-order valence-corrected chi connectivity index (χ0v) is 18.6. The molecule has 0 unspecified atom stereocenters. The molecule has 4 aromatic rings. The van der Waals surface area contributed by atoms with Crippen molar-refractivity contribution in [2.75, 3.05) is 14.2 Å². The molecule has 0 saturated heterocycles. The predicted octanol–water partition coefficient (Wildman–Crippen LogP) is 4.23. The van der Waals surface area contributed by atoms with Gasteiger partial charge in [0.25, 0.3) is 5.56 Å². The minimum atomic E-state index is -0.749. The van der Waals surface area contributed by atoms with Gasteiger partial charge in [0.2, 0.25) is 5.88 Å². The Morgan fingerprint density at radius 3 is 2.38 bits per heavy atom. The Bertz CT molecular complexity index is 1550. The Labute approximate surface area is 195 Å². The van der Waals surface area contributed by atoms with Gasteiger partial charge < -0.3 is 19.9 Å². The van der Waals surface area contributed by atoms with Crippen LogP contribution in [0.5, 0.6) is 17.2 Å². The number of benzene rings is 3. The number of pyridine rings is 1. The van der Waals surface area contributed by atoms with Crippen LogP contribution in [0.4, 0.5) is 0 Å². The maximum atomic E-state index is 14.1. The molecular formula is C27H21N3O4. The monoisotopic (exact) mass is 451 g/mol. The number of nitriles is 1. The molecule has 0 saturated carbocycles. The number of nitrogens with two attached hydrogens (primary N) is 1. The molecule has 1 aliphatic heterocycles. The third-order valence-corrected chi connectivity index (χ3v) is 6.00. The van der Waals surface area contributed by atoms with Gasteiger partial charge in [-0.3, -0.25) is 9.36 Å². The fourth-order valence-electron chi connectivity index (χ4n) is 4.47. The zero-order chi connectivity index (χ0) is 23.8. The van der Waals surface area contributed by atoms with Crippen molar-refractivity contribution in [1.29, 1.82) is 5.26 Å². The maximum Gasteiger partial charge on any atom is 0.263 e. The quantitative estimate of drug-likeness (QED) is 0.499. The van der Waals surface area contributed by atoms with Crippen LogP contribution in [-0.4, -0.2) is 18.8 Å². The molecule has 1 aliphatic rings. The summed E-state index contributed by atoms with van der Waals surface area (Å²) < 4.78 is 18.4. The second kappa shape index (κ2) is 8.34. The number of fused-ring (bicyclic) bond motifs is 3. The van der Waals surface area contributed by atoms with Crippen LogP contribution in [0.2, 0.25) is 0 Å². The average molecular weight is 451 g/mol. The first-order chi connectivity index (χ1) is 16.6. The molecule has 5 rings (SSSR count). The van der Waals surface area contributed by atoms with Crippen LogP contribution in [0.15, 0.2) is 89.0 Å². The summed E-state index contributed by atoms with van der Waals surface area (Å²) >= 11 is 0. The van der Waals surface area contributed by atoms with Gasteiger partial charge >= 0.3 is 0 Å². The Kier molecular flexibility index (Phi) is 5.19. The van der Waals surface area contributed by atoms with Crippen molar-refractivity contribution >= 4 is 10.9 Å². The van der Waals surface area contributed by atoms with E-state index in [4.69, 9.17) is 19.9 Å². The largest absolute Gasteiger partial charge is 0.493 e. The molecule has 0 radical (unpaired) electrons. The number of rotatable bonds is 4. The van der Waals surface area contributed by atoms with E-state index in [-0.39, 0.29) is 17.0 Å². The van der Waals surface area contributed by atoms with Gasteiger partial charge in [-0.1, -0.05) is 36.4 Å². The van der Waals surface area contributed by atoms with Crippen molar-refractivity contribution in [3.63, 3.8) is 0 Å². The minimum Gasteiger partial charge on any atom is -0.493 e. The summed E-state index contributed by atoms with van der Waals surface area (Å²) in [7, 11) is 3.08. The first-order valence-corrected chi connectivity index (χ1v) is 10.6. The van der Waals surface area contributed by atoms with Gasteiger partial charge in [-0.2, -0.15) is 5.26 Å². The van der Waals surface area contributed by atoms with Crippen molar-refractivity contribution in [2.45, 2.75) is 5.92 Å². The summed E-state index contributed by atoms with van der Waals surface area (Å²) in [6.07, 6.45) is 0. The molecule has 3 aromatic carbocycles. The summed E-state index contributed by atoms with van der Waals surface area (Å²) in [5.74, 6) is 0.587. The third-order valence-electron chi connectivity index (χ3n) is 6.00. The van der Waals surface area contributed by atoms with E-state index in [0.717, 1.165) is 0 Å². The fraction of sp³-hybridized carbons (Fsp3) is 0.111. The van der Waals surface area contributed by atoms with E-state index in [9.17, 15) is 10.1 Å². The molecule has 1 aromatic heterocycles. The molecule has 0 aliphatic carbocycles. The number of nitrogens with zero attached hydrogens (tertiary/aromatic N) is 2. The van der Waals surface area contributed by atoms with Crippen LogP contribution in [0.1, 0.15) is 17.0 Å². The standard InChI is InChI=1S/C27H21N3O4/c1-32-21-13-12-16(14-22(21)33-2)23-19(15-28)26(29)34-25-18-10-6-7-11-20(18)30(27(31)24(23)25)17-8-4-3-5-9-17/h3-14,23H,29H2,1-2H3/t23-/m0/s1. The number of aromatic nitrogens is 1. The van der Waals surface area contributed by atoms with E-state index >= 15 is 0 Å². The van der Waals surface area contributed by atoms with Crippen LogP contribution in [0.25, 0.3) is 16.6 Å². The van der Waals surface area contributed by atoms with E-state index in [1.54, 1.807) is 29.9 Å². The highest BCUT2D eigenvalue weighted by Gasteiger charge is 2.36. The molecular weight excluding hydrogens is 430 g/mol. The molecule has 7 nitrogen and oxygen atoms in total. The number of para-hydroxylation sites is 2. The lowest BCUT2D eigenvalue weighted by Crippen LogP contribution is -2.31. The maximum absolute atomic E-state index is 14.1. The molecule has 168 valence electrons. The molecule has 2 N–H and O–H groups in total. The summed E-state index contributed by atoms with van der Waals surface area (Å²) in [6.45, 7) is 0. The van der Waals surface area contributed by atoms with Crippen LogP contribution in [0.3, 0.4) is 0 Å². The summed E-state index contributed by atoms with van der Waals surface area (Å²) in [6, 6.07) is 24.3. The van der Waals surface area contributed by atoms with Gasteiger partial charge in [-0.25, -0.2) is 0 Å². The Morgan fingerprint density at radius 1 is 0.971 bits per heavy atom. The highest BCUT2D eigenvalue weighted by Crippen LogP contribution is 2.45. The van der Waals surface area contributed by atoms with Gasteiger partial charge in [0.05, 0.1) is 31.2 Å². The third kappa shape index (κ3) is 3.16.